The third-order valence-corrected chi connectivity index (χ3v) is 3.65. The quantitative estimate of drug-likeness (QED) is 0.893. The standard InChI is InChI=1S/C12H20F3N5/c1-3-9(7-16-4-2)19-5-6-20-10(8-19)17-18-11(20)12(13,14)15/h9,16H,3-8H2,1-2H3. The van der Waals surface area contributed by atoms with Crippen LogP contribution in [0, 0.1) is 0 Å². The highest BCUT2D eigenvalue weighted by molar-refractivity contribution is 5.02. The molecule has 1 aliphatic rings. The summed E-state index contributed by atoms with van der Waals surface area (Å²) in [5.41, 5.74) is 0. The number of rotatable bonds is 5. The van der Waals surface area contributed by atoms with Crippen LogP contribution in [0.25, 0.3) is 0 Å². The van der Waals surface area contributed by atoms with Crippen molar-refractivity contribution in [1.82, 2.24) is 25.0 Å². The monoisotopic (exact) mass is 291 g/mol. The zero-order valence-electron chi connectivity index (χ0n) is 11.7. The van der Waals surface area contributed by atoms with Gasteiger partial charge in [-0.25, -0.2) is 0 Å². The molecule has 8 heteroatoms. The molecular weight excluding hydrogens is 271 g/mol. The molecule has 1 atom stereocenters. The Morgan fingerprint density at radius 3 is 2.60 bits per heavy atom. The van der Waals surface area contributed by atoms with E-state index in [0.717, 1.165) is 19.5 Å². The van der Waals surface area contributed by atoms with E-state index in [2.05, 4.69) is 27.3 Å². The molecule has 0 spiro atoms. The number of fused-ring (bicyclic) bond motifs is 1. The van der Waals surface area contributed by atoms with Crippen LogP contribution in [-0.4, -0.2) is 45.3 Å². The fourth-order valence-corrected chi connectivity index (χ4v) is 2.54. The van der Waals surface area contributed by atoms with Crippen LogP contribution in [0.15, 0.2) is 0 Å². The predicted molar refractivity (Wildman–Crippen MR) is 68.1 cm³/mol. The first-order valence-corrected chi connectivity index (χ1v) is 6.91. The molecule has 0 amide bonds. The minimum Gasteiger partial charge on any atom is -0.315 e. The van der Waals surface area contributed by atoms with Gasteiger partial charge in [-0.05, 0) is 13.0 Å². The molecule has 1 aromatic rings. The lowest BCUT2D eigenvalue weighted by molar-refractivity contribution is -0.148. The maximum Gasteiger partial charge on any atom is 0.451 e. The minimum atomic E-state index is -4.43. The molecule has 0 fully saturated rings. The molecule has 2 rings (SSSR count). The molecule has 0 saturated heterocycles. The van der Waals surface area contributed by atoms with E-state index in [0.29, 0.717) is 31.5 Å². The summed E-state index contributed by atoms with van der Waals surface area (Å²) in [5, 5.41) is 10.3. The Morgan fingerprint density at radius 2 is 2.00 bits per heavy atom. The molecule has 0 aromatic carbocycles. The maximum atomic E-state index is 12.8. The van der Waals surface area contributed by atoms with E-state index in [1.807, 2.05) is 6.92 Å². The van der Waals surface area contributed by atoms with E-state index in [1.54, 1.807) is 0 Å². The van der Waals surface area contributed by atoms with Crippen molar-refractivity contribution < 1.29 is 13.2 Å². The lowest BCUT2D eigenvalue weighted by Crippen LogP contribution is -2.46. The van der Waals surface area contributed by atoms with Gasteiger partial charge < -0.3 is 9.88 Å². The Kier molecular flexibility index (Phi) is 4.64. The Labute approximate surface area is 116 Å². The zero-order valence-corrected chi connectivity index (χ0v) is 11.7. The van der Waals surface area contributed by atoms with E-state index in [9.17, 15) is 13.2 Å². The Balaban J connectivity index is 2.10. The fraction of sp³-hybridized carbons (Fsp3) is 0.833. The van der Waals surface area contributed by atoms with E-state index < -0.39 is 12.0 Å². The Morgan fingerprint density at radius 1 is 1.25 bits per heavy atom. The lowest BCUT2D eigenvalue weighted by Gasteiger charge is -2.34. The van der Waals surface area contributed by atoms with E-state index in [-0.39, 0.29) is 0 Å². The molecule has 0 radical (unpaired) electrons. The third-order valence-electron chi connectivity index (χ3n) is 3.65. The van der Waals surface area contributed by atoms with Crippen LogP contribution >= 0.6 is 0 Å². The number of likely N-dealkylation sites (N-methyl/N-ethyl adjacent to an activating group) is 1. The summed E-state index contributed by atoms with van der Waals surface area (Å²) in [7, 11) is 0. The van der Waals surface area contributed by atoms with Crippen molar-refractivity contribution in [3.63, 3.8) is 0 Å². The SMILES string of the molecule is CCNCC(CC)N1CCn2c(nnc2C(F)(F)F)C1. The van der Waals surface area contributed by atoms with Crippen molar-refractivity contribution in [3.05, 3.63) is 11.6 Å². The van der Waals surface area contributed by atoms with Crippen molar-refractivity contribution in [1.29, 1.82) is 0 Å². The van der Waals surface area contributed by atoms with Crippen molar-refractivity contribution in [2.45, 2.75) is 45.6 Å². The number of hydrogen-bond acceptors (Lipinski definition) is 4. The molecule has 1 N–H and O–H groups in total. The minimum absolute atomic E-state index is 0.291. The Bertz CT molecular complexity index is 443. The fourth-order valence-electron chi connectivity index (χ4n) is 2.54. The molecule has 2 heterocycles. The summed E-state index contributed by atoms with van der Waals surface area (Å²) >= 11 is 0. The smallest absolute Gasteiger partial charge is 0.315 e. The first kappa shape index (κ1) is 15.2. The molecule has 114 valence electrons. The van der Waals surface area contributed by atoms with Crippen LogP contribution in [0.3, 0.4) is 0 Å². The topological polar surface area (TPSA) is 46.0 Å². The van der Waals surface area contributed by atoms with Gasteiger partial charge in [-0.3, -0.25) is 4.90 Å². The summed E-state index contributed by atoms with van der Waals surface area (Å²) in [6.07, 6.45) is -3.48. The van der Waals surface area contributed by atoms with Gasteiger partial charge in [0.15, 0.2) is 0 Å². The second-order valence-electron chi connectivity index (χ2n) is 4.93. The first-order chi connectivity index (χ1) is 9.47. The Hall–Kier alpha value is -1.15. The van der Waals surface area contributed by atoms with E-state index >= 15 is 0 Å². The van der Waals surface area contributed by atoms with Crippen LogP contribution in [0.4, 0.5) is 13.2 Å². The highest BCUT2D eigenvalue weighted by Crippen LogP contribution is 2.29. The number of nitrogens with zero attached hydrogens (tertiary/aromatic N) is 4. The highest BCUT2D eigenvalue weighted by atomic mass is 19.4. The van der Waals surface area contributed by atoms with Crippen molar-refractivity contribution >= 4 is 0 Å². The van der Waals surface area contributed by atoms with Gasteiger partial charge in [-0.2, -0.15) is 13.2 Å². The molecule has 0 bridgehead atoms. The van der Waals surface area contributed by atoms with Crippen molar-refractivity contribution in [2.24, 2.45) is 0 Å². The predicted octanol–water partition coefficient (Wildman–Crippen LogP) is 1.50. The van der Waals surface area contributed by atoms with Gasteiger partial charge in [0, 0.05) is 25.7 Å². The maximum absolute atomic E-state index is 12.8. The average molecular weight is 291 g/mol. The lowest BCUT2D eigenvalue weighted by atomic mass is 10.1. The summed E-state index contributed by atoms with van der Waals surface area (Å²) in [6, 6.07) is 0.315. The van der Waals surface area contributed by atoms with E-state index in [1.165, 1.54) is 4.57 Å². The summed E-state index contributed by atoms with van der Waals surface area (Å²) < 4.78 is 39.4. The van der Waals surface area contributed by atoms with Crippen LogP contribution < -0.4 is 5.32 Å². The number of halogens is 3. The molecule has 1 aromatic heterocycles. The first-order valence-electron chi connectivity index (χ1n) is 6.91. The molecule has 1 aliphatic heterocycles. The highest BCUT2D eigenvalue weighted by Gasteiger charge is 2.39. The summed E-state index contributed by atoms with van der Waals surface area (Å²) in [6.45, 7) is 7.16. The van der Waals surface area contributed by atoms with Crippen LogP contribution in [0.2, 0.25) is 0 Å². The van der Waals surface area contributed by atoms with Crippen LogP contribution in [0.5, 0.6) is 0 Å². The molecule has 0 aliphatic carbocycles. The molecular formula is C12H20F3N5. The van der Waals surface area contributed by atoms with E-state index in [4.69, 9.17) is 0 Å². The molecule has 20 heavy (non-hydrogen) atoms. The van der Waals surface area contributed by atoms with Gasteiger partial charge in [0.25, 0.3) is 0 Å². The molecule has 0 saturated carbocycles. The normalized spacial score (nSPS) is 18.1. The third kappa shape index (κ3) is 3.12. The van der Waals surface area contributed by atoms with Gasteiger partial charge >= 0.3 is 6.18 Å². The average Bonchev–Trinajstić information content (AvgIpc) is 2.82. The van der Waals surface area contributed by atoms with Gasteiger partial charge in [0.2, 0.25) is 5.82 Å². The van der Waals surface area contributed by atoms with Gasteiger partial charge in [-0.1, -0.05) is 13.8 Å². The number of hydrogen-bond donors (Lipinski definition) is 1. The van der Waals surface area contributed by atoms with Crippen LogP contribution in [0.1, 0.15) is 31.9 Å². The zero-order chi connectivity index (χ0) is 14.8. The molecule has 1 unspecified atom stereocenters. The van der Waals surface area contributed by atoms with Gasteiger partial charge in [-0.15, -0.1) is 10.2 Å². The van der Waals surface area contributed by atoms with Crippen LogP contribution in [-0.2, 0) is 19.3 Å². The largest absolute Gasteiger partial charge is 0.451 e. The van der Waals surface area contributed by atoms with Gasteiger partial charge in [0.05, 0.1) is 6.54 Å². The summed E-state index contributed by atoms with van der Waals surface area (Å²) in [4.78, 5) is 2.17. The van der Waals surface area contributed by atoms with Crippen molar-refractivity contribution in [3.8, 4) is 0 Å². The molecule has 5 nitrogen and oxygen atoms in total. The van der Waals surface area contributed by atoms with Gasteiger partial charge in [0.1, 0.15) is 5.82 Å². The van der Waals surface area contributed by atoms with Crippen molar-refractivity contribution in [2.75, 3.05) is 19.6 Å². The second kappa shape index (κ2) is 6.09. The number of alkyl halides is 3. The summed E-state index contributed by atoms with van der Waals surface area (Å²) in [5.74, 6) is -0.481. The second-order valence-corrected chi connectivity index (χ2v) is 4.93. The number of aromatic nitrogens is 3. The number of nitrogens with one attached hydrogen (secondary N) is 1.